The monoisotopic (exact) mass is 297 g/mol. The van der Waals surface area contributed by atoms with Crippen molar-refractivity contribution in [3.05, 3.63) is 5.82 Å². The van der Waals surface area contributed by atoms with Crippen LogP contribution in [0.5, 0.6) is 0 Å². The van der Waals surface area contributed by atoms with Crippen LogP contribution >= 0.6 is 11.8 Å². The summed E-state index contributed by atoms with van der Waals surface area (Å²) in [5, 5.41) is 11.5. The standard InChI is InChI=1S/C13H23N5OS/c1-8-5-4-6-11(9(8)2)15-12(19)7-20-13-17-16-10(3)18(13)14/h8-9,11H,4-7,14H2,1-3H3,(H,15,19)/t8-,9+,11+/m1/s1. The predicted molar refractivity (Wildman–Crippen MR) is 79.7 cm³/mol. The Morgan fingerprint density at radius 2 is 2.20 bits per heavy atom. The summed E-state index contributed by atoms with van der Waals surface area (Å²) < 4.78 is 1.41. The minimum Gasteiger partial charge on any atom is -0.352 e. The molecule has 3 N–H and O–H groups in total. The molecular weight excluding hydrogens is 274 g/mol. The van der Waals surface area contributed by atoms with E-state index in [9.17, 15) is 4.79 Å². The maximum Gasteiger partial charge on any atom is 0.230 e. The van der Waals surface area contributed by atoms with E-state index in [-0.39, 0.29) is 5.91 Å². The number of amides is 1. The number of aryl methyl sites for hydroxylation is 1. The van der Waals surface area contributed by atoms with Gasteiger partial charge in [0.15, 0.2) is 0 Å². The van der Waals surface area contributed by atoms with Crippen LogP contribution in [0, 0.1) is 18.8 Å². The van der Waals surface area contributed by atoms with Gasteiger partial charge in [0, 0.05) is 6.04 Å². The molecule has 20 heavy (non-hydrogen) atoms. The molecule has 2 rings (SSSR count). The summed E-state index contributed by atoms with van der Waals surface area (Å²) in [6, 6.07) is 0.296. The number of carbonyl (C=O) groups excluding carboxylic acids is 1. The van der Waals surface area contributed by atoms with Gasteiger partial charge in [0.1, 0.15) is 5.82 Å². The van der Waals surface area contributed by atoms with Gasteiger partial charge in [-0.3, -0.25) is 4.79 Å². The summed E-state index contributed by atoms with van der Waals surface area (Å²) in [6.07, 6.45) is 3.53. The minimum atomic E-state index is 0.0432. The van der Waals surface area contributed by atoms with E-state index in [2.05, 4.69) is 29.4 Å². The van der Waals surface area contributed by atoms with Gasteiger partial charge < -0.3 is 11.2 Å². The highest BCUT2D eigenvalue weighted by atomic mass is 32.2. The average Bonchev–Trinajstić information content (AvgIpc) is 2.73. The van der Waals surface area contributed by atoms with Crippen LogP contribution in [0.4, 0.5) is 0 Å². The van der Waals surface area contributed by atoms with Crippen LogP contribution in [-0.2, 0) is 4.79 Å². The van der Waals surface area contributed by atoms with Crippen LogP contribution in [0.25, 0.3) is 0 Å². The summed E-state index contributed by atoms with van der Waals surface area (Å²) in [7, 11) is 0. The molecule has 1 saturated carbocycles. The lowest BCUT2D eigenvalue weighted by atomic mass is 9.78. The third kappa shape index (κ3) is 3.45. The SMILES string of the molecule is Cc1nnc(SCC(=O)N[C@H]2CCC[C@@H](C)[C@@H]2C)n1N. The van der Waals surface area contributed by atoms with Gasteiger partial charge in [-0.2, -0.15) is 0 Å². The van der Waals surface area contributed by atoms with Gasteiger partial charge in [0.2, 0.25) is 11.1 Å². The molecule has 1 fully saturated rings. The molecule has 0 aromatic carbocycles. The first-order valence-electron chi connectivity index (χ1n) is 7.08. The molecule has 0 radical (unpaired) electrons. The van der Waals surface area contributed by atoms with Crippen LogP contribution in [0.3, 0.4) is 0 Å². The van der Waals surface area contributed by atoms with Crippen molar-refractivity contribution in [3.8, 4) is 0 Å². The minimum absolute atomic E-state index is 0.0432. The van der Waals surface area contributed by atoms with Gasteiger partial charge in [0.05, 0.1) is 5.75 Å². The highest BCUT2D eigenvalue weighted by molar-refractivity contribution is 7.99. The quantitative estimate of drug-likeness (QED) is 0.647. The molecule has 1 aromatic rings. The van der Waals surface area contributed by atoms with E-state index in [1.165, 1.54) is 29.3 Å². The van der Waals surface area contributed by atoms with Crippen LogP contribution < -0.4 is 11.2 Å². The normalized spacial score (nSPS) is 26.4. The Balaban J connectivity index is 1.82. The Bertz CT molecular complexity index is 475. The van der Waals surface area contributed by atoms with Crippen molar-refractivity contribution >= 4 is 17.7 Å². The zero-order valence-corrected chi connectivity index (χ0v) is 13.1. The van der Waals surface area contributed by atoms with Crippen molar-refractivity contribution in [2.75, 3.05) is 11.6 Å². The third-order valence-corrected chi connectivity index (χ3v) is 5.16. The van der Waals surface area contributed by atoms with E-state index in [1.807, 2.05) is 0 Å². The van der Waals surface area contributed by atoms with Crippen molar-refractivity contribution in [1.29, 1.82) is 0 Å². The summed E-state index contributed by atoms with van der Waals surface area (Å²) in [6.45, 7) is 6.27. The second kappa shape index (κ2) is 6.47. The first kappa shape index (κ1) is 15.2. The molecule has 1 heterocycles. The summed E-state index contributed by atoms with van der Waals surface area (Å²) in [4.78, 5) is 12.0. The molecule has 1 aliphatic rings. The Morgan fingerprint density at radius 3 is 2.85 bits per heavy atom. The number of carbonyl (C=O) groups is 1. The highest BCUT2D eigenvalue weighted by Crippen LogP contribution is 2.29. The van der Waals surface area contributed by atoms with Crippen LogP contribution in [0.15, 0.2) is 5.16 Å². The number of hydrogen-bond acceptors (Lipinski definition) is 5. The Labute approximate surface area is 123 Å². The van der Waals surface area contributed by atoms with Crippen molar-refractivity contribution in [3.63, 3.8) is 0 Å². The molecule has 0 spiro atoms. The Hall–Kier alpha value is -1.24. The van der Waals surface area contributed by atoms with Crippen molar-refractivity contribution in [2.24, 2.45) is 11.8 Å². The smallest absolute Gasteiger partial charge is 0.230 e. The number of nitrogens with one attached hydrogen (secondary N) is 1. The van der Waals surface area contributed by atoms with Crippen molar-refractivity contribution in [1.82, 2.24) is 20.2 Å². The number of nitrogens with two attached hydrogens (primary N) is 1. The molecular formula is C13H23N5OS. The lowest BCUT2D eigenvalue weighted by molar-refractivity contribution is -0.120. The molecule has 1 aromatic heterocycles. The maximum atomic E-state index is 12.0. The van der Waals surface area contributed by atoms with Gasteiger partial charge in [-0.05, 0) is 25.2 Å². The Kier molecular flexibility index (Phi) is 4.91. The fourth-order valence-electron chi connectivity index (χ4n) is 2.61. The summed E-state index contributed by atoms with van der Waals surface area (Å²) in [5.74, 6) is 7.98. The number of nitrogen functional groups attached to an aromatic ring is 1. The van der Waals surface area contributed by atoms with E-state index < -0.39 is 0 Å². The topological polar surface area (TPSA) is 85.8 Å². The third-order valence-electron chi connectivity index (χ3n) is 4.22. The zero-order valence-electron chi connectivity index (χ0n) is 12.3. The second-order valence-corrected chi connectivity index (χ2v) is 6.57. The lowest BCUT2D eigenvalue weighted by Crippen LogP contribution is -2.44. The number of aromatic nitrogens is 3. The zero-order chi connectivity index (χ0) is 14.7. The molecule has 0 aliphatic heterocycles. The molecule has 0 saturated heterocycles. The molecule has 6 nitrogen and oxygen atoms in total. The second-order valence-electron chi connectivity index (χ2n) is 5.63. The molecule has 7 heteroatoms. The van der Waals surface area contributed by atoms with Crippen molar-refractivity contribution in [2.45, 2.75) is 51.2 Å². The highest BCUT2D eigenvalue weighted by Gasteiger charge is 2.28. The van der Waals surface area contributed by atoms with Gasteiger partial charge >= 0.3 is 0 Å². The van der Waals surface area contributed by atoms with Gasteiger partial charge in [-0.25, -0.2) is 4.68 Å². The number of thioether (sulfide) groups is 1. The van der Waals surface area contributed by atoms with Crippen molar-refractivity contribution < 1.29 is 4.79 Å². The first-order valence-corrected chi connectivity index (χ1v) is 8.07. The van der Waals surface area contributed by atoms with Gasteiger partial charge in [-0.15, -0.1) is 10.2 Å². The lowest BCUT2D eigenvalue weighted by Gasteiger charge is -2.34. The van der Waals surface area contributed by atoms with E-state index in [0.29, 0.717) is 34.6 Å². The van der Waals surface area contributed by atoms with Crippen LogP contribution in [0.1, 0.15) is 38.9 Å². The molecule has 0 bridgehead atoms. The molecule has 1 aliphatic carbocycles. The predicted octanol–water partition coefficient (Wildman–Crippen LogP) is 1.33. The van der Waals surface area contributed by atoms with E-state index in [0.717, 1.165) is 6.42 Å². The maximum absolute atomic E-state index is 12.0. The van der Waals surface area contributed by atoms with E-state index in [4.69, 9.17) is 5.84 Å². The van der Waals surface area contributed by atoms with Crippen LogP contribution in [0.2, 0.25) is 0 Å². The molecule has 1 amide bonds. The van der Waals surface area contributed by atoms with Gasteiger partial charge in [-0.1, -0.05) is 38.5 Å². The summed E-state index contributed by atoms with van der Waals surface area (Å²) >= 11 is 1.32. The summed E-state index contributed by atoms with van der Waals surface area (Å²) in [5.41, 5.74) is 0. The van der Waals surface area contributed by atoms with Crippen LogP contribution in [-0.4, -0.2) is 32.6 Å². The molecule has 0 unspecified atom stereocenters. The number of nitrogens with zero attached hydrogens (tertiary/aromatic N) is 3. The van der Waals surface area contributed by atoms with Gasteiger partial charge in [0.25, 0.3) is 0 Å². The molecule has 112 valence electrons. The number of hydrogen-bond donors (Lipinski definition) is 2. The molecule has 3 atom stereocenters. The van der Waals surface area contributed by atoms with E-state index >= 15 is 0 Å². The fourth-order valence-corrected chi connectivity index (χ4v) is 3.33. The fraction of sp³-hybridized carbons (Fsp3) is 0.769. The first-order chi connectivity index (χ1) is 9.49. The van der Waals surface area contributed by atoms with E-state index in [1.54, 1.807) is 6.92 Å². The largest absolute Gasteiger partial charge is 0.352 e. The average molecular weight is 297 g/mol. The number of rotatable bonds is 4. The Morgan fingerprint density at radius 1 is 1.45 bits per heavy atom.